The molecule has 0 spiro atoms. The van der Waals surface area contributed by atoms with Crippen LogP contribution in [0.2, 0.25) is 5.02 Å². The highest BCUT2D eigenvalue weighted by molar-refractivity contribution is 7.98. The highest BCUT2D eigenvalue weighted by atomic mass is 35.5. The van der Waals surface area contributed by atoms with Crippen LogP contribution in [-0.4, -0.2) is 40.6 Å². The molecular weight excluding hydrogens is 534 g/mol. The number of aryl methyl sites for hydroxylation is 1. The highest BCUT2D eigenvalue weighted by Gasteiger charge is 2.39. The van der Waals surface area contributed by atoms with Crippen LogP contribution in [0.5, 0.6) is 11.5 Å². The summed E-state index contributed by atoms with van der Waals surface area (Å²) in [4.78, 5) is 23.1. The van der Waals surface area contributed by atoms with Gasteiger partial charge in [-0.15, -0.1) is 5.10 Å². The molecule has 2 unspecified atom stereocenters. The minimum atomic E-state index is -0.650. The molecule has 3 aromatic carbocycles. The number of carbonyl (C=O) groups excluding carboxylic acids is 1. The zero-order valence-electron chi connectivity index (χ0n) is 22.0. The second-order valence-corrected chi connectivity index (χ2v) is 10.6. The molecule has 1 aliphatic rings. The third-order valence-corrected chi connectivity index (χ3v) is 7.65. The predicted molar refractivity (Wildman–Crippen MR) is 155 cm³/mol. The lowest BCUT2D eigenvalue weighted by Crippen LogP contribution is -2.39. The molecule has 0 fully saturated rings. The number of fused-ring (bicyclic) bond motifs is 1. The first kappa shape index (κ1) is 26.8. The van der Waals surface area contributed by atoms with Gasteiger partial charge in [0.1, 0.15) is 5.92 Å². The zero-order valence-corrected chi connectivity index (χ0v) is 23.6. The van der Waals surface area contributed by atoms with Crippen molar-refractivity contribution in [2.75, 3.05) is 19.5 Å². The van der Waals surface area contributed by atoms with E-state index >= 15 is 0 Å². The van der Waals surface area contributed by atoms with E-state index in [-0.39, 0.29) is 5.91 Å². The molecule has 5 rings (SSSR count). The van der Waals surface area contributed by atoms with Gasteiger partial charge >= 0.3 is 0 Å². The topological polar surface area (TPSA) is 90.6 Å². The summed E-state index contributed by atoms with van der Waals surface area (Å²) in [6, 6.07) is 20.5. The van der Waals surface area contributed by atoms with Crippen molar-refractivity contribution in [3.63, 3.8) is 0 Å². The Bertz CT molecular complexity index is 1540. The maximum absolute atomic E-state index is 13.7. The van der Waals surface area contributed by atoms with E-state index < -0.39 is 12.0 Å². The Hall–Kier alpha value is -3.82. The molecule has 10 heteroatoms. The molecule has 1 aromatic heterocycles. The van der Waals surface area contributed by atoms with Crippen molar-refractivity contribution in [3.05, 3.63) is 88.4 Å². The number of anilines is 1. The first-order valence-corrected chi connectivity index (χ1v) is 13.7. The number of amides is 1. The summed E-state index contributed by atoms with van der Waals surface area (Å²) in [5.74, 6) is 1.46. The summed E-state index contributed by atoms with van der Waals surface area (Å²) in [5.41, 5.74) is 4.48. The number of aliphatic imine (C=N–C) groups is 1. The average Bonchev–Trinajstić information content (AvgIpc) is 3.34. The molecule has 0 saturated carbocycles. The van der Waals surface area contributed by atoms with Gasteiger partial charge in [-0.1, -0.05) is 59.3 Å². The molecule has 1 N–H and O–H groups in total. The molecule has 0 saturated heterocycles. The van der Waals surface area contributed by atoms with Crippen LogP contribution in [0.15, 0.2) is 76.9 Å². The molecule has 39 heavy (non-hydrogen) atoms. The van der Waals surface area contributed by atoms with Crippen molar-refractivity contribution in [3.8, 4) is 11.5 Å². The standard InChI is InChI=1S/C29H28ClN5O3S/c1-17-6-5-7-19(14-17)16-39-29-33-28-31-18(2)25(27(36)32-22-11-9-21(30)10-12-22)26(35(28)34-29)20-8-13-23(37-3)24(15-20)38-4/h5-15,25-26H,16H2,1-4H3,(H,32,36). The van der Waals surface area contributed by atoms with Gasteiger partial charge in [-0.2, -0.15) is 4.98 Å². The number of aromatic nitrogens is 3. The van der Waals surface area contributed by atoms with Crippen LogP contribution in [0.3, 0.4) is 0 Å². The predicted octanol–water partition coefficient (Wildman–Crippen LogP) is 6.50. The molecule has 1 amide bonds. The van der Waals surface area contributed by atoms with Crippen molar-refractivity contribution in [2.45, 2.75) is 30.8 Å². The molecule has 0 bridgehead atoms. The average molecular weight is 562 g/mol. The third kappa shape index (κ3) is 5.79. The SMILES string of the molecule is COc1ccc(C2C(C(=O)Nc3ccc(Cl)cc3)C(C)=Nc3nc(SCc4cccc(C)c4)nn32)cc1OC. The van der Waals surface area contributed by atoms with E-state index in [0.29, 0.717) is 39.0 Å². The molecule has 200 valence electrons. The van der Waals surface area contributed by atoms with E-state index in [9.17, 15) is 4.79 Å². The minimum absolute atomic E-state index is 0.214. The Morgan fingerprint density at radius 2 is 1.79 bits per heavy atom. The van der Waals surface area contributed by atoms with Crippen LogP contribution in [0.1, 0.15) is 29.7 Å². The van der Waals surface area contributed by atoms with E-state index in [0.717, 1.165) is 11.3 Å². The van der Waals surface area contributed by atoms with Crippen LogP contribution in [0, 0.1) is 12.8 Å². The van der Waals surface area contributed by atoms with Gasteiger partial charge in [0.25, 0.3) is 0 Å². The molecular formula is C29H28ClN5O3S. The zero-order chi connectivity index (χ0) is 27.5. The lowest BCUT2D eigenvalue weighted by atomic mass is 9.87. The van der Waals surface area contributed by atoms with Gasteiger partial charge in [0.15, 0.2) is 11.5 Å². The van der Waals surface area contributed by atoms with Gasteiger partial charge in [0.2, 0.25) is 17.0 Å². The molecule has 4 aromatic rings. The maximum atomic E-state index is 13.7. The molecule has 2 heterocycles. The fourth-order valence-corrected chi connectivity index (χ4v) is 5.52. The molecule has 8 nitrogen and oxygen atoms in total. The van der Waals surface area contributed by atoms with Crippen molar-refractivity contribution >= 4 is 46.6 Å². The summed E-state index contributed by atoms with van der Waals surface area (Å²) in [6.45, 7) is 3.92. The Morgan fingerprint density at radius 3 is 2.51 bits per heavy atom. The van der Waals surface area contributed by atoms with Crippen LogP contribution >= 0.6 is 23.4 Å². The van der Waals surface area contributed by atoms with Crippen LogP contribution in [0.25, 0.3) is 0 Å². The van der Waals surface area contributed by atoms with Gasteiger partial charge < -0.3 is 14.8 Å². The quantitative estimate of drug-likeness (QED) is 0.247. The summed E-state index contributed by atoms with van der Waals surface area (Å²) >= 11 is 7.56. The number of methoxy groups -OCH3 is 2. The van der Waals surface area contributed by atoms with Gasteiger partial charge in [-0.25, -0.2) is 9.67 Å². The molecule has 2 atom stereocenters. The van der Waals surface area contributed by atoms with E-state index in [2.05, 4.69) is 30.4 Å². The van der Waals surface area contributed by atoms with Crippen LogP contribution in [0.4, 0.5) is 11.6 Å². The monoisotopic (exact) mass is 561 g/mol. The Morgan fingerprint density at radius 1 is 1.03 bits per heavy atom. The Kier molecular flexibility index (Phi) is 7.90. The third-order valence-electron chi connectivity index (χ3n) is 6.49. The van der Waals surface area contributed by atoms with Crippen molar-refractivity contribution < 1.29 is 14.3 Å². The minimum Gasteiger partial charge on any atom is -0.493 e. The summed E-state index contributed by atoms with van der Waals surface area (Å²) in [5, 5.41) is 9.01. The Balaban J connectivity index is 1.52. The second-order valence-electron chi connectivity index (χ2n) is 9.20. The smallest absolute Gasteiger partial charge is 0.249 e. The van der Waals surface area contributed by atoms with Crippen molar-refractivity contribution in [2.24, 2.45) is 10.9 Å². The van der Waals surface area contributed by atoms with E-state index in [1.165, 1.54) is 22.9 Å². The maximum Gasteiger partial charge on any atom is 0.249 e. The number of carbonyl (C=O) groups is 1. The summed E-state index contributed by atoms with van der Waals surface area (Å²) in [6.07, 6.45) is 0. The molecule has 0 aliphatic carbocycles. The van der Waals surface area contributed by atoms with E-state index in [4.69, 9.17) is 36.1 Å². The highest BCUT2D eigenvalue weighted by Crippen LogP contribution is 2.40. The fourth-order valence-electron chi connectivity index (χ4n) is 4.62. The largest absolute Gasteiger partial charge is 0.493 e. The first-order chi connectivity index (χ1) is 18.9. The number of hydrogen-bond acceptors (Lipinski definition) is 7. The fraction of sp³-hybridized carbons (Fsp3) is 0.241. The number of hydrogen-bond donors (Lipinski definition) is 1. The number of benzene rings is 3. The first-order valence-electron chi connectivity index (χ1n) is 12.3. The van der Waals surface area contributed by atoms with E-state index in [1.807, 2.05) is 31.2 Å². The van der Waals surface area contributed by atoms with Crippen molar-refractivity contribution in [1.29, 1.82) is 0 Å². The molecule has 0 radical (unpaired) electrons. The van der Waals surface area contributed by atoms with Crippen LogP contribution < -0.4 is 14.8 Å². The normalized spacial score (nSPS) is 16.3. The number of thioether (sulfide) groups is 1. The van der Waals surface area contributed by atoms with Gasteiger partial charge in [0.05, 0.1) is 20.3 Å². The Labute approximate surface area is 236 Å². The summed E-state index contributed by atoms with van der Waals surface area (Å²) in [7, 11) is 3.17. The van der Waals surface area contributed by atoms with Gasteiger partial charge in [-0.05, 0) is 61.4 Å². The number of ether oxygens (including phenoxy) is 2. The number of nitrogens with one attached hydrogen (secondary N) is 1. The lowest BCUT2D eigenvalue weighted by Gasteiger charge is -2.30. The van der Waals surface area contributed by atoms with Gasteiger partial charge in [-0.3, -0.25) is 4.79 Å². The number of halogens is 1. The van der Waals surface area contributed by atoms with Crippen LogP contribution in [-0.2, 0) is 10.5 Å². The van der Waals surface area contributed by atoms with E-state index in [1.54, 1.807) is 43.2 Å². The van der Waals surface area contributed by atoms with Gasteiger partial charge in [0, 0.05) is 22.2 Å². The lowest BCUT2D eigenvalue weighted by molar-refractivity contribution is -0.118. The molecule has 1 aliphatic heterocycles. The number of nitrogens with zero attached hydrogens (tertiary/aromatic N) is 4. The number of rotatable bonds is 8. The second kappa shape index (κ2) is 11.5. The summed E-state index contributed by atoms with van der Waals surface area (Å²) < 4.78 is 12.7. The van der Waals surface area contributed by atoms with Crippen molar-refractivity contribution in [1.82, 2.24) is 14.8 Å².